The van der Waals surface area contributed by atoms with Crippen LogP contribution >= 0.6 is 11.8 Å². The van der Waals surface area contributed by atoms with Crippen LogP contribution in [0, 0.1) is 0 Å². The van der Waals surface area contributed by atoms with Crippen molar-refractivity contribution in [2.24, 2.45) is 0 Å². The van der Waals surface area contributed by atoms with Crippen molar-refractivity contribution in [2.45, 2.75) is 23.8 Å². The van der Waals surface area contributed by atoms with Crippen LogP contribution in [0.2, 0.25) is 0 Å². The molecule has 0 spiro atoms. The third-order valence-electron chi connectivity index (χ3n) is 3.07. The number of aliphatic carboxylic acids is 1. The van der Waals surface area contributed by atoms with E-state index < -0.39 is 16.0 Å². The van der Waals surface area contributed by atoms with Crippen molar-refractivity contribution in [2.75, 3.05) is 11.5 Å². The van der Waals surface area contributed by atoms with Crippen LogP contribution in [-0.4, -0.2) is 37.0 Å². The Kier molecular flexibility index (Phi) is 5.44. The smallest absolute Gasteiger partial charge is 0.328 e. The van der Waals surface area contributed by atoms with Crippen molar-refractivity contribution in [3.05, 3.63) is 35.9 Å². The maximum atomic E-state index is 12.3. The predicted molar refractivity (Wildman–Crippen MR) is 83.8 cm³/mol. The Morgan fingerprint density at radius 1 is 1.43 bits per heavy atom. The molecule has 7 heteroatoms. The predicted octanol–water partition coefficient (Wildman–Crippen LogP) is 1.96. The van der Waals surface area contributed by atoms with Crippen LogP contribution in [0.4, 0.5) is 0 Å². The van der Waals surface area contributed by atoms with E-state index in [9.17, 15) is 13.2 Å². The van der Waals surface area contributed by atoms with Gasteiger partial charge in [0, 0.05) is 17.9 Å². The number of carboxylic acid groups (broad SMARTS) is 1. The Bertz CT molecular complexity index is 634. The van der Waals surface area contributed by atoms with Gasteiger partial charge in [0.25, 0.3) is 0 Å². The second-order valence-corrected chi connectivity index (χ2v) is 7.64. The lowest BCUT2D eigenvalue weighted by Crippen LogP contribution is -2.38. The lowest BCUT2D eigenvalue weighted by molar-refractivity contribution is -0.131. The largest absolute Gasteiger partial charge is 0.478 e. The third-order valence-corrected chi connectivity index (χ3v) is 5.80. The van der Waals surface area contributed by atoms with Gasteiger partial charge in [0.1, 0.15) is 0 Å². The van der Waals surface area contributed by atoms with Crippen LogP contribution in [-0.2, 0) is 14.8 Å². The number of nitrogens with one attached hydrogen (secondary N) is 1. The molecule has 0 saturated carbocycles. The molecule has 1 aliphatic heterocycles. The average Bonchev–Trinajstić information content (AvgIpc) is 2.46. The van der Waals surface area contributed by atoms with Gasteiger partial charge in [-0.1, -0.05) is 12.1 Å². The molecular weight excluding hydrogens is 310 g/mol. The van der Waals surface area contributed by atoms with Gasteiger partial charge >= 0.3 is 5.97 Å². The maximum absolute atomic E-state index is 12.3. The number of rotatable bonds is 5. The van der Waals surface area contributed by atoms with Crippen LogP contribution in [0.25, 0.3) is 6.08 Å². The Labute approximate surface area is 128 Å². The molecule has 0 aliphatic carbocycles. The SMILES string of the molecule is O=C(O)/C=C/c1cccc(S(=O)(=O)NC2CCCSC2)c1. The molecule has 0 bridgehead atoms. The van der Waals surface area contributed by atoms with Crippen LogP contribution in [0.3, 0.4) is 0 Å². The highest BCUT2D eigenvalue weighted by molar-refractivity contribution is 7.99. The molecule has 1 heterocycles. The highest BCUT2D eigenvalue weighted by Gasteiger charge is 2.22. The Morgan fingerprint density at radius 2 is 2.24 bits per heavy atom. The minimum absolute atomic E-state index is 0.0352. The third kappa shape index (κ3) is 4.87. The molecule has 1 aromatic carbocycles. The molecule has 2 rings (SSSR count). The van der Waals surface area contributed by atoms with E-state index in [1.807, 2.05) is 0 Å². The van der Waals surface area contributed by atoms with E-state index >= 15 is 0 Å². The van der Waals surface area contributed by atoms with Crippen LogP contribution in [0.1, 0.15) is 18.4 Å². The van der Waals surface area contributed by atoms with E-state index in [1.54, 1.807) is 23.9 Å². The first kappa shape index (κ1) is 16.1. The van der Waals surface area contributed by atoms with Crippen molar-refractivity contribution in [3.8, 4) is 0 Å². The Balaban J connectivity index is 2.15. The topological polar surface area (TPSA) is 83.5 Å². The molecule has 0 amide bonds. The van der Waals surface area contributed by atoms with Gasteiger partial charge in [-0.25, -0.2) is 17.9 Å². The number of benzene rings is 1. The number of carbonyl (C=O) groups is 1. The van der Waals surface area contributed by atoms with E-state index in [4.69, 9.17) is 5.11 Å². The highest BCUT2D eigenvalue weighted by atomic mass is 32.2. The Hall–Kier alpha value is -1.31. The molecule has 1 saturated heterocycles. The van der Waals surface area contributed by atoms with E-state index in [1.165, 1.54) is 18.2 Å². The van der Waals surface area contributed by atoms with Gasteiger partial charge in [-0.05, 0) is 42.4 Å². The van der Waals surface area contributed by atoms with Gasteiger partial charge in [0.15, 0.2) is 0 Å². The zero-order valence-electron chi connectivity index (χ0n) is 11.4. The molecular formula is C14H17NO4S2. The first-order valence-corrected chi connectivity index (χ1v) is 9.22. The van der Waals surface area contributed by atoms with Gasteiger partial charge in [-0.2, -0.15) is 11.8 Å². The zero-order valence-corrected chi connectivity index (χ0v) is 13.0. The molecule has 0 aromatic heterocycles. The summed E-state index contributed by atoms with van der Waals surface area (Å²) in [4.78, 5) is 10.7. The maximum Gasteiger partial charge on any atom is 0.328 e. The zero-order chi connectivity index (χ0) is 15.3. The summed E-state index contributed by atoms with van der Waals surface area (Å²) < 4.78 is 27.4. The summed E-state index contributed by atoms with van der Waals surface area (Å²) in [5, 5.41) is 8.60. The second kappa shape index (κ2) is 7.11. The van der Waals surface area contributed by atoms with Crippen LogP contribution in [0.5, 0.6) is 0 Å². The van der Waals surface area contributed by atoms with Crippen molar-refractivity contribution >= 4 is 33.8 Å². The molecule has 1 unspecified atom stereocenters. The van der Waals surface area contributed by atoms with Crippen molar-refractivity contribution in [1.29, 1.82) is 0 Å². The fraction of sp³-hybridized carbons (Fsp3) is 0.357. The van der Waals surface area contributed by atoms with Crippen molar-refractivity contribution in [1.82, 2.24) is 4.72 Å². The van der Waals surface area contributed by atoms with Gasteiger partial charge in [0.2, 0.25) is 10.0 Å². The highest BCUT2D eigenvalue weighted by Crippen LogP contribution is 2.20. The lowest BCUT2D eigenvalue weighted by Gasteiger charge is -2.22. The summed E-state index contributed by atoms with van der Waals surface area (Å²) in [6, 6.07) is 6.21. The van der Waals surface area contributed by atoms with Gasteiger partial charge < -0.3 is 5.11 Å². The number of carboxylic acids is 1. The van der Waals surface area contributed by atoms with Crippen LogP contribution in [0.15, 0.2) is 35.2 Å². The van der Waals surface area contributed by atoms with E-state index in [-0.39, 0.29) is 10.9 Å². The lowest BCUT2D eigenvalue weighted by atomic mass is 10.2. The summed E-state index contributed by atoms with van der Waals surface area (Å²) in [6.45, 7) is 0. The van der Waals surface area contributed by atoms with Gasteiger partial charge in [-0.15, -0.1) is 0 Å². The van der Waals surface area contributed by atoms with E-state index in [2.05, 4.69) is 4.72 Å². The standard InChI is InChI=1S/C14H17NO4S2/c16-14(17)7-6-11-3-1-5-13(9-11)21(18,19)15-12-4-2-8-20-10-12/h1,3,5-7,9,12,15H,2,4,8,10H2,(H,16,17)/b7-6+. The fourth-order valence-corrected chi connectivity index (χ4v) is 4.58. The first-order chi connectivity index (χ1) is 9.97. The molecule has 0 radical (unpaired) electrons. The molecule has 5 nitrogen and oxygen atoms in total. The average molecular weight is 327 g/mol. The molecule has 1 fully saturated rings. The number of sulfonamides is 1. The molecule has 1 atom stereocenters. The molecule has 1 aromatic rings. The van der Waals surface area contributed by atoms with Gasteiger partial charge in [0.05, 0.1) is 4.90 Å². The molecule has 2 N–H and O–H groups in total. The monoisotopic (exact) mass is 327 g/mol. The van der Waals surface area contributed by atoms with E-state index in [0.717, 1.165) is 30.4 Å². The molecule has 114 valence electrons. The quantitative estimate of drug-likeness (QED) is 0.808. The fourth-order valence-electron chi connectivity index (χ4n) is 2.07. The minimum Gasteiger partial charge on any atom is -0.478 e. The second-order valence-electron chi connectivity index (χ2n) is 4.78. The summed E-state index contributed by atoms with van der Waals surface area (Å²) in [5.74, 6) is 0.798. The summed E-state index contributed by atoms with van der Waals surface area (Å²) in [6.07, 6.45) is 4.22. The summed E-state index contributed by atoms with van der Waals surface area (Å²) in [7, 11) is -3.57. The van der Waals surface area contributed by atoms with Crippen molar-refractivity contribution < 1.29 is 18.3 Å². The number of hydrogen-bond acceptors (Lipinski definition) is 4. The summed E-state index contributed by atoms with van der Waals surface area (Å²) in [5.41, 5.74) is 0.540. The van der Waals surface area contributed by atoms with E-state index in [0.29, 0.717) is 5.56 Å². The Morgan fingerprint density at radius 3 is 2.90 bits per heavy atom. The van der Waals surface area contributed by atoms with Crippen LogP contribution < -0.4 is 4.72 Å². The normalized spacial score (nSPS) is 19.7. The number of hydrogen-bond donors (Lipinski definition) is 2. The molecule has 1 aliphatic rings. The number of thioether (sulfide) groups is 1. The molecule has 21 heavy (non-hydrogen) atoms. The first-order valence-electron chi connectivity index (χ1n) is 6.58. The minimum atomic E-state index is -3.57. The summed E-state index contributed by atoms with van der Waals surface area (Å²) >= 11 is 1.75. The van der Waals surface area contributed by atoms with Gasteiger partial charge in [-0.3, -0.25) is 0 Å². The van der Waals surface area contributed by atoms with Crippen molar-refractivity contribution in [3.63, 3.8) is 0 Å².